The van der Waals surface area contributed by atoms with Gasteiger partial charge in [0.1, 0.15) is 11.7 Å². The number of ether oxygens (including phenoxy) is 3. The van der Waals surface area contributed by atoms with Gasteiger partial charge in [-0.05, 0) is 56.8 Å². The first kappa shape index (κ1) is 22.7. The molecule has 0 aliphatic carbocycles. The van der Waals surface area contributed by atoms with Crippen molar-refractivity contribution in [3.05, 3.63) is 66.2 Å². The van der Waals surface area contributed by atoms with E-state index >= 15 is 0 Å². The lowest BCUT2D eigenvalue weighted by atomic mass is 9.95. The smallest absolute Gasteiger partial charge is 0.251 e. The molecule has 0 unspecified atom stereocenters. The number of carbonyl (C=O) groups excluding carboxylic acids is 1. The molecule has 4 rings (SSSR count). The number of fused-ring (bicyclic) bond motifs is 1. The molecule has 8 heteroatoms. The van der Waals surface area contributed by atoms with E-state index in [4.69, 9.17) is 26.4 Å². The van der Waals surface area contributed by atoms with Gasteiger partial charge < -0.3 is 30.2 Å². The van der Waals surface area contributed by atoms with Gasteiger partial charge in [-0.15, -0.1) is 0 Å². The summed E-state index contributed by atoms with van der Waals surface area (Å²) >= 11 is 5.38. The van der Waals surface area contributed by atoms with Crippen molar-refractivity contribution >= 4 is 28.9 Å². The normalized spacial score (nSPS) is 25.7. The molecule has 2 aliphatic rings. The maximum absolute atomic E-state index is 12.5. The molecule has 0 saturated carbocycles. The second kappa shape index (κ2) is 9.54. The van der Waals surface area contributed by atoms with Crippen LogP contribution in [0.5, 0.6) is 0 Å². The Morgan fingerprint density at radius 1 is 1.06 bits per heavy atom. The first-order chi connectivity index (χ1) is 15.4. The number of benzene rings is 2. The lowest BCUT2D eigenvalue weighted by Gasteiger charge is -2.27. The minimum absolute atomic E-state index is 0.144. The Morgan fingerprint density at radius 3 is 2.47 bits per heavy atom. The average Bonchev–Trinajstić information content (AvgIpc) is 3.24. The molecule has 2 saturated heterocycles. The summed E-state index contributed by atoms with van der Waals surface area (Å²) in [6.07, 6.45) is 0.234. The van der Waals surface area contributed by atoms with Crippen LogP contribution < -0.4 is 16.0 Å². The van der Waals surface area contributed by atoms with Crippen molar-refractivity contribution < 1.29 is 19.0 Å². The Labute approximate surface area is 193 Å². The first-order valence-corrected chi connectivity index (χ1v) is 11.2. The average molecular weight is 456 g/mol. The van der Waals surface area contributed by atoms with Gasteiger partial charge in [-0.3, -0.25) is 4.79 Å². The second-order valence-corrected chi connectivity index (χ2v) is 8.95. The van der Waals surface area contributed by atoms with Crippen LogP contribution in [0, 0.1) is 0 Å². The summed E-state index contributed by atoms with van der Waals surface area (Å²) in [6.45, 7) is 5.07. The number of carbonyl (C=O) groups is 1. The maximum Gasteiger partial charge on any atom is 0.251 e. The van der Waals surface area contributed by atoms with E-state index in [0.717, 1.165) is 5.69 Å². The summed E-state index contributed by atoms with van der Waals surface area (Å²) in [5, 5.41) is 9.92. The van der Waals surface area contributed by atoms with E-state index in [-0.39, 0.29) is 18.1 Å². The van der Waals surface area contributed by atoms with Crippen LogP contribution in [0.2, 0.25) is 0 Å². The highest BCUT2D eigenvalue weighted by molar-refractivity contribution is 7.80. The zero-order valence-electron chi connectivity index (χ0n) is 18.3. The Kier molecular flexibility index (Phi) is 6.76. The summed E-state index contributed by atoms with van der Waals surface area (Å²) < 4.78 is 18.5. The topological polar surface area (TPSA) is 80.9 Å². The molecule has 2 aliphatic heterocycles. The number of para-hydroxylation sites is 1. The van der Waals surface area contributed by atoms with E-state index in [2.05, 4.69) is 16.0 Å². The van der Waals surface area contributed by atoms with Crippen molar-refractivity contribution in [2.45, 2.75) is 43.9 Å². The summed E-state index contributed by atoms with van der Waals surface area (Å²) in [7, 11) is 0. The number of anilines is 1. The molecule has 2 aromatic carbocycles. The largest absolute Gasteiger partial charge is 0.372 e. The van der Waals surface area contributed by atoms with Crippen LogP contribution in [-0.2, 0) is 14.2 Å². The van der Waals surface area contributed by atoms with Crippen molar-refractivity contribution in [2.75, 3.05) is 25.0 Å². The van der Waals surface area contributed by atoms with Gasteiger partial charge >= 0.3 is 0 Å². The number of nitrogens with one attached hydrogen (secondary N) is 3. The Balaban J connectivity index is 1.32. The monoisotopic (exact) mass is 455 g/mol. The highest BCUT2D eigenvalue weighted by atomic mass is 32.1. The fourth-order valence-electron chi connectivity index (χ4n) is 4.22. The van der Waals surface area contributed by atoms with E-state index in [1.165, 1.54) is 0 Å². The minimum atomic E-state index is -0.748. The van der Waals surface area contributed by atoms with E-state index in [9.17, 15) is 4.79 Å². The van der Waals surface area contributed by atoms with Crippen LogP contribution >= 0.6 is 12.2 Å². The van der Waals surface area contributed by atoms with Crippen molar-refractivity contribution in [3.63, 3.8) is 0 Å². The van der Waals surface area contributed by atoms with E-state index in [0.29, 0.717) is 36.8 Å². The lowest BCUT2D eigenvalue weighted by molar-refractivity contribution is -0.189. The van der Waals surface area contributed by atoms with Crippen LogP contribution in [0.1, 0.15) is 30.6 Å². The predicted octanol–water partition coefficient (Wildman–Crippen LogP) is 3.08. The SMILES string of the molecule is CC1(C)O[C@@H]2[C@@H](CCNC(=S)Nc3ccccc3)OC[C@]2(CNC(=O)c2ccccc2)O1. The summed E-state index contributed by atoms with van der Waals surface area (Å²) in [5.74, 6) is -0.892. The fraction of sp³-hybridized carbons (Fsp3) is 0.417. The molecule has 2 heterocycles. The Morgan fingerprint density at radius 2 is 1.75 bits per heavy atom. The van der Waals surface area contributed by atoms with Crippen molar-refractivity contribution in [1.82, 2.24) is 10.6 Å². The van der Waals surface area contributed by atoms with E-state index < -0.39 is 11.4 Å². The molecule has 32 heavy (non-hydrogen) atoms. The molecule has 0 aromatic heterocycles. The van der Waals surface area contributed by atoms with Gasteiger partial charge in [-0.1, -0.05) is 36.4 Å². The van der Waals surface area contributed by atoms with Crippen molar-refractivity contribution in [3.8, 4) is 0 Å². The molecule has 3 N–H and O–H groups in total. The van der Waals surface area contributed by atoms with Crippen LogP contribution in [0.15, 0.2) is 60.7 Å². The molecule has 0 spiro atoms. The van der Waals surface area contributed by atoms with Crippen LogP contribution in [0.25, 0.3) is 0 Å². The van der Waals surface area contributed by atoms with Crippen molar-refractivity contribution in [1.29, 1.82) is 0 Å². The minimum Gasteiger partial charge on any atom is -0.372 e. The molecule has 2 aromatic rings. The van der Waals surface area contributed by atoms with Crippen LogP contribution in [0.3, 0.4) is 0 Å². The number of amides is 1. The van der Waals surface area contributed by atoms with Gasteiger partial charge in [-0.25, -0.2) is 0 Å². The lowest BCUT2D eigenvalue weighted by Crippen LogP contribution is -2.51. The predicted molar refractivity (Wildman–Crippen MR) is 127 cm³/mol. The van der Waals surface area contributed by atoms with Crippen LogP contribution in [0.4, 0.5) is 5.69 Å². The van der Waals surface area contributed by atoms with Gasteiger partial charge in [0.15, 0.2) is 10.9 Å². The number of hydrogen-bond donors (Lipinski definition) is 3. The van der Waals surface area contributed by atoms with Gasteiger partial charge in [0.05, 0.1) is 19.3 Å². The van der Waals surface area contributed by atoms with Gasteiger partial charge in [-0.2, -0.15) is 0 Å². The number of hydrogen-bond acceptors (Lipinski definition) is 5. The van der Waals surface area contributed by atoms with Crippen molar-refractivity contribution in [2.24, 2.45) is 0 Å². The Hall–Kier alpha value is -2.52. The molecule has 170 valence electrons. The third-order valence-corrected chi connectivity index (χ3v) is 5.83. The highest BCUT2D eigenvalue weighted by Gasteiger charge is 2.60. The third kappa shape index (κ3) is 5.27. The second-order valence-electron chi connectivity index (χ2n) is 8.54. The molecule has 2 fully saturated rings. The number of rotatable bonds is 7. The van der Waals surface area contributed by atoms with Gasteiger partial charge in [0.2, 0.25) is 0 Å². The quantitative estimate of drug-likeness (QED) is 0.554. The maximum atomic E-state index is 12.5. The number of thiocarbonyl (C=S) groups is 1. The standard InChI is InChI=1S/C24H29N3O4S/c1-23(2)30-20-19(13-14-25-22(32)27-18-11-7-4-8-12-18)29-16-24(20,31-23)15-26-21(28)17-9-5-3-6-10-17/h3-12,19-20H,13-16H2,1-2H3,(H,26,28)(H2,25,27,32)/t19-,20-,24+/m1/s1. The summed E-state index contributed by atoms with van der Waals surface area (Å²) in [6, 6.07) is 18.9. The highest BCUT2D eigenvalue weighted by Crippen LogP contribution is 2.43. The summed E-state index contributed by atoms with van der Waals surface area (Å²) in [5.41, 5.74) is 0.823. The van der Waals surface area contributed by atoms with E-state index in [1.807, 2.05) is 62.4 Å². The first-order valence-electron chi connectivity index (χ1n) is 10.8. The molecular formula is C24H29N3O4S. The zero-order valence-corrected chi connectivity index (χ0v) is 19.1. The summed E-state index contributed by atoms with van der Waals surface area (Å²) in [4.78, 5) is 12.5. The zero-order chi connectivity index (χ0) is 22.6. The van der Waals surface area contributed by atoms with Gasteiger partial charge in [0, 0.05) is 17.8 Å². The molecule has 3 atom stereocenters. The van der Waals surface area contributed by atoms with E-state index in [1.54, 1.807) is 12.1 Å². The Bertz CT molecular complexity index is 941. The molecule has 1 amide bonds. The fourth-order valence-corrected chi connectivity index (χ4v) is 4.44. The molecule has 0 bridgehead atoms. The van der Waals surface area contributed by atoms with Gasteiger partial charge in [0.25, 0.3) is 5.91 Å². The molecular weight excluding hydrogens is 426 g/mol. The van der Waals surface area contributed by atoms with Crippen LogP contribution in [-0.4, -0.2) is 54.3 Å². The molecule has 7 nitrogen and oxygen atoms in total. The third-order valence-electron chi connectivity index (χ3n) is 5.59. The molecule has 0 radical (unpaired) electrons.